The maximum atomic E-state index is 13.0. The number of carbonyl (C=O) groups is 1. The summed E-state index contributed by atoms with van der Waals surface area (Å²) in [5.74, 6) is -0.168. The summed E-state index contributed by atoms with van der Waals surface area (Å²) >= 11 is 0. The van der Waals surface area contributed by atoms with Crippen molar-refractivity contribution in [2.75, 3.05) is 31.1 Å². The topological polar surface area (TPSA) is 23.6 Å². The third-order valence-corrected chi connectivity index (χ3v) is 5.80. The largest absolute Gasteiger partial charge is 0.368 e. The summed E-state index contributed by atoms with van der Waals surface area (Å²) in [6, 6.07) is 13.5. The lowest BCUT2D eigenvalue weighted by Gasteiger charge is -2.38. The monoisotopic (exact) mass is 352 g/mol. The Hall–Kier alpha value is -2.20. The number of hydrogen-bond donors (Lipinski definition) is 0. The summed E-state index contributed by atoms with van der Waals surface area (Å²) in [5.41, 5.74) is 4.60. The standard InChI is InChI=1S/C22H25FN2O/c23-20-5-2-17(3-6-20)7-11-24-12-9-21(10-13-24)25-14-8-19-4-1-18(16-26)15-22(19)25/h1-6,15-16,21H,7-14H2. The van der Waals surface area contributed by atoms with Crippen molar-refractivity contribution < 1.29 is 9.18 Å². The number of nitrogens with zero attached hydrogens (tertiary/aromatic N) is 2. The fourth-order valence-electron chi connectivity index (χ4n) is 4.27. The van der Waals surface area contributed by atoms with Crippen LogP contribution in [0, 0.1) is 5.82 Å². The van der Waals surface area contributed by atoms with Gasteiger partial charge in [-0.2, -0.15) is 0 Å². The molecule has 0 saturated carbocycles. The third kappa shape index (κ3) is 3.65. The van der Waals surface area contributed by atoms with E-state index in [9.17, 15) is 9.18 Å². The molecule has 0 radical (unpaired) electrons. The highest BCUT2D eigenvalue weighted by molar-refractivity contribution is 5.78. The number of rotatable bonds is 5. The lowest BCUT2D eigenvalue weighted by molar-refractivity contribution is 0.112. The molecule has 2 aromatic carbocycles. The minimum Gasteiger partial charge on any atom is -0.368 e. The lowest BCUT2D eigenvalue weighted by atomic mass is 10.0. The molecular weight excluding hydrogens is 327 g/mol. The minimum absolute atomic E-state index is 0.168. The van der Waals surface area contributed by atoms with E-state index in [0.29, 0.717) is 6.04 Å². The van der Waals surface area contributed by atoms with Crippen LogP contribution in [0.3, 0.4) is 0 Å². The van der Waals surface area contributed by atoms with E-state index in [-0.39, 0.29) is 5.82 Å². The highest BCUT2D eigenvalue weighted by Gasteiger charge is 2.29. The van der Waals surface area contributed by atoms with E-state index in [0.717, 1.165) is 63.7 Å². The molecule has 136 valence electrons. The number of likely N-dealkylation sites (tertiary alicyclic amines) is 1. The second-order valence-corrected chi connectivity index (χ2v) is 7.40. The van der Waals surface area contributed by atoms with Crippen molar-refractivity contribution in [2.24, 2.45) is 0 Å². The maximum Gasteiger partial charge on any atom is 0.150 e. The van der Waals surface area contributed by atoms with Crippen LogP contribution >= 0.6 is 0 Å². The fraction of sp³-hybridized carbons (Fsp3) is 0.409. The van der Waals surface area contributed by atoms with E-state index in [1.54, 1.807) is 12.1 Å². The first-order valence-corrected chi connectivity index (χ1v) is 9.54. The number of benzene rings is 2. The van der Waals surface area contributed by atoms with Gasteiger partial charge in [-0.1, -0.05) is 24.3 Å². The number of carbonyl (C=O) groups excluding carboxylic acids is 1. The highest BCUT2D eigenvalue weighted by atomic mass is 19.1. The molecule has 3 nitrogen and oxygen atoms in total. The van der Waals surface area contributed by atoms with Gasteiger partial charge in [-0.25, -0.2) is 4.39 Å². The Morgan fingerprint density at radius 3 is 2.54 bits per heavy atom. The predicted molar refractivity (Wildman–Crippen MR) is 102 cm³/mol. The van der Waals surface area contributed by atoms with Crippen molar-refractivity contribution in [1.29, 1.82) is 0 Å². The molecule has 2 heterocycles. The normalized spacial score (nSPS) is 18.1. The highest BCUT2D eigenvalue weighted by Crippen LogP contribution is 2.33. The Balaban J connectivity index is 1.32. The second-order valence-electron chi connectivity index (χ2n) is 7.40. The Bertz CT molecular complexity index is 766. The van der Waals surface area contributed by atoms with E-state index in [2.05, 4.69) is 21.9 Å². The third-order valence-electron chi connectivity index (χ3n) is 5.80. The zero-order valence-electron chi connectivity index (χ0n) is 15.0. The molecule has 0 atom stereocenters. The summed E-state index contributed by atoms with van der Waals surface area (Å²) in [6.45, 7) is 4.30. The molecule has 2 aliphatic rings. The van der Waals surface area contributed by atoms with Crippen molar-refractivity contribution in [3.63, 3.8) is 0 Å². The SMILES string of the molecule is O=Cc1ccc2c(c1)N(C1CCN(CCc3ccc(F)cc3)CC1)CC2. The van der Waals surface area contributed by atoms with Crippen molar-refractivity contribution >= 4 is 12.0 Å². The van der Waals surface area contributed by atoms with Gasteiger partial charge >= 0.3 is 0 Å². The fourth-order valence-corrected chi connectivity index (χ4v) is 4.27. The molecule has 2 aliphatic heterocycles. The first-order valence-electron chi connectivity index (χ1n) is 9.54. The molecule has 26 heavy (non-hydrogen) atoms. The Labute approximate surface area is 154 Å². The summed E-state index contributed by atoms with van der Waals surface area (Å²) < 4.78 is 13.0. The molecule has 0 spiro atoms. The quantitative estimate of drug-likeness (QED) is 0.767. The van der Waals surface area contributed by atoms with Crippen LogP contribution in [-0.2, 0) is 12.8 Å². The van der Waals surface area contributed by atoms with Crippen molar-refractivity contribution in [2.45, 2.75) is 31.7 Å². The lowest BCUT2D eigenvalue weighted by Crippen LogP contribution is -2.45. The first-order chi connectivity index (χ1) is 12.7. The smallest absolute Gasteiger partial charge is 0.150 e. The molecule has 1 saturated heterocycles. The number of aldehydes is 1. The Morgan fingerprint density at radius 1 is 1.04 bits per heavy atom. The summed E-state index contributed by atoms with van der Waals surface area (Å²) in [7, 11) is 0. The molecule has 0 unspecified atom stereocenters. The number of fused-ring (bicyclic) bond motifs is 1. The van der Waals surface area contributed by atoms with Crippen molar-refractivity contribution in [3.8, 4) is 0 Å². The Morgan fingerprint density at radius 2 is 1.81 bits per heavy atom. The van der Waals surface area contributed by atoms with Crippen LogP contribution in [0.1, 0.15) is 34.3 Å². The minimum atomic E-state index is -0.168. The van der Waals surface area contributed by atoms with Crippen LogP contribution in [0.4, 0.5) is 10.1 Å². The molecule has 0 bridgehead atoms. The van der Waals surface area contributed by atoms with Gasteiger partial charge in [-0.15, -0.1) is 0 Å². The molecule has 0 amide bonds. The average Bonchev–Trinajstić information content (AvgIpc) is 3.11. The number of anilines is 1. The van der Waals surface area contributed by atoms with Gasteiger partial charge in [0.15, 0.2) is 0 Å². The van der Waals surface area contributed by atoms with Crippen LogP contribution in [-0.4, -0.2) is 43.4 Å². The Kier molecular flexibility index (Phi) is 5.02. The molecule has 1 fully saturated rings. The van der Waals surface area contributed by atoms with Gasteiger partial charge in [0.05, 0.1) is 0 Å². The van der Waals surface area contributed by atoms with E-state index in [4.69, 9.17) is 0 Å². The molecule has 2 aromatic rings. The van der Waals surface area contributed by atoms with E-state index in [1.807, 2.05) is 18.2 Å². The molecule has 4 rings (SSSR count). The van der Waals surface area contributed by atoms with Crippen LogP contribution in [0.15, 0.2) is 42.5 Å². The van der Waals surface area contributed by atoms with E-state index < -0.39 is 0 Å². The number of piperidine rings is 1. The molecular formula is C22H25FN2O. The molecule has 0 aromatic heterocycles. The van der Waals surface area contributed by atoms with Crippen LogP contribution in [0.5, 0.6) is 0 Å². The summed E-state index contributed by atoms with van der Waals surface area (Å²) in [4.78, 5) is 16.1. The zero-order chi connectivity index (χ0) is 17.9. The van der Waals surface area contributed by atoms with Gasteiger partial charge < -0.3 is 9.80 Å². The van der Waals surface area contributed by atoms with Crippen LogP contribution in [0.2, 0.25) is 0 Å². The average molecular weight is 352 g/mol. The van der Waals surface area contributed by atoms with Gasteiger partial charge in [0, 0.05) is 43.5 Å². The van der Waals surface area contributed by atoms with Crippen LogP contribution < -0.4 is 4.90 Å². The van der Waals surface area contributed by atoms with Gasteiger partial charge in [0.2, 0.25) is 0 Å². The van der Waals surface area contributed by atoms with Crippen molar-refractivity contribution in [3.05, 3.63) is 65.0 Å². The van der Waals surface area contributed by atoms with Crippen molar-refractivity contribution in [1.82, 2.24) is 4.90 Å². The summed E-state index contributed by atoms with van der Waals surface area (Å²) in [6.07, 6.45) is 5.32. The second kappa shape index (κ2) is 7.58. The summed E-state index contributed by atoms with van der Waals surface area (Å²) in [5, 5.41) is 0. The van der Waals surface area contributed by atoms with E-state index >= 15 is 0 Å². The molecule has 0 aliphatic carbocycles. The number of halogens is 1. The van der Waals surface area contributed by atoms with E-state index in [1.165, 1.54) is 16.8 Å². The van der Waals surface area contributed by atoms with Gasteiger partial charge in [-0.3, -0.25) is 4.79 Å². The predicted octanol–water partition coefficient (Wildman–Crippen LogP) is 3.71. The first kappa shape index (κ1) is 17.2. The van der Waals surface area contributed by atoms with Gasteiger partial charge in [-0.05, 0) is 55.0 Å². The van der Waals surface area contributed by atoms with Gasteiger partial charge in [0.25, 0.3) is 0 Å². The van der Waals surface area contributed by atoms with Crippen LogP contribution in [0.25, 0.3) is 0 Å². The number of hydrogen-bond acceptors (Lipinski definition) is 3. The maximum absolute atomic E-state index is 13.0. The molecule has 0 N–H and O–H groups in total. The zero-order valence-corrected chi connectivity index (χ0v) is 15.0. The molecule has 4 heteroatoms. The van der Waals surface area contributed by atoms with Gasteiger partial charge in [0.1, 0.15) is 12.1 Å².